The van der Waals surface area contributed by atoms with Gasteiger partial charge in [-0.25, -0.2) is 0 Å². The number of piperazine rings is 1. The van der Waals surface area contributed by atoms with Gasteiger partial charge in [-0.2, -0.15) is 0 Å². The number of carbonyl (C=O) groups excluding carboxylic acids is 2. The maximum atomic E-state index is 12.8. The van der Waals surface area contributed by atoms with E-state index in [1.54, 1.807) is 4.90 Å². The molecule has 21 heavy (non-hydrogen) atoms. The lowest BCUT2D eigenvalue weighted by atomic mass is 9.81. The first-order chi connectivity index (χ1) is 9.73. The molecule has 1 heterocycles. The normalized spacial score (nSPS) is 25.0. The third-order valence-electron chi connectivity index (χ3n) is 4.12. The molecule has 1 aliphatic heterocycles. The molecule has 1 fully saturated rings. The fourth-order valence-corrected chi connectivity index (χ4v) is 2.77. The van der Waals surface area contributed by atoms with Gasteiger partial charge in [0.05, 0.1) is 6.61 Å². The zero-order valence-corrected chi connectivity index (χ0v) is 14.2. The van der Waals surface area contributed by atoms with Crippen LogP contribution < -0.4 is 5.32 Å². The van der Waals surface area contributed by atoms with Gasteiger partial charge in [0, 0.05) is 13.2 Å². The number of rotatable bonds is 6. The van der Waals surface area contributed by atoms with Gasteiger partial charge < -0.3 is 15.0 Å². The van der Waals surface area contributed by atoms with Crippen LogP contribution in [0.2, 0.25) is 0 Å². The summed E-state index contributed by atoms with van der Waals surface area (Å²) in [7, 11) is 0. The van der Waals surface area contributed by atoms with Crippen LogP contribution in [0.15, 0.2) is 0 Å². The highest BCUT2D eigenvalue weighted by Crippen LogP contribution is 2.29. The first-order valence-corrected chi connectivity index (χ1v) is 7.92. The molecule has 1 rings (SSSR count). The number of nitrogens with zero attached hydrogens (tertiary/aromatic N) is 1. The topological polar surface area (TPSA) is 58.6 Å². The van der Waals surface area contributed by atoms with Crippen LogP contribution in [0.1, 0.15) is 48.0 Å². The quantitative estimate of drug-likeness (QED) is 0.761. The molecule has 0 aliphatic carbocycles. The molecule has 0 spiro atoms. The van der Waals surface area contributed by atoms with Crippen molar-refractivity contribution in [3.63, 3.8) is 0 Å². The van der Waals surface area contributed by atoms with Gasteiger partial charge in [-0.1, -0.05) is 41.0 Å². The van der Waals surface area contributed by atoms with Crippen LogP contribution in [-0.2, 0) is 14.3 Å². The average Bonchev–Trinajstić information content (AvgIpc) is 2.40. The highest BCUT2D eigenvalue weighted by Gasteiger charge is 2.46. The standard InChI is InChI=1S/C16H30N2O3/c1-7-11(3)12-15(20)18(9-10-21-8-2)13(14(19)17-12)16(4,5)6/h11-13H,7-10H2,1-6H3,(H,17,19). The molecule has 0 aromatic rings. The van der Waals surface area contributed by atoms with Crippen molar-refractivity contribution in [1.29, 1.82) is 0 Å². The average molecular weight is 298 g/mol. The van der Waals surface area contributed by atoms with E-state index in [0.717, 1.165) is 6.42 Å². The molecule has 1 aliphatic rings. The van der Waals surface area contributed by atoms with Crippen molar-refractivity contribution >= 4 is 11.8 Å². The second-order valence-corrected chi connectivity index (χ2v) is 6.87. The Kier molecular flexibility index (Phi) is 6.20. The van der Waals surface area contributed by atoms with Crippen LogP contribution in [0.5, 0.6) is 0 Å². The van der Waals surface area contributed by atoms with Crippen LogP contribution in [0.4, 0.5) is 0 Å². The van der Waals surface area contributed by atoms with Gasteiger partial charge in [0.2, 0.25) is 11.8 Å². The second-order valence-electron chi connectivity index (χ2n) is 6.87. The van der Waals surface area contributed by atoms with E-state index in [0.29, 0.717) is 19.8 Å². The molecule has 0 saturated carbocycles. The number of amides is 2. The predicted octanol–water partition coefficient (Wildman–Crippen LogP) is 1.81. The third-order valence-corrected chi connectivity index (χ3v) is 4.12. The summed E-state index contributed by atoms with van der Waals surface area (Å²) < 4.78 is 5.38. The van der Waals surface area contributed by atoms with Crippen LogP contribution >= 0.6 is 0 Å². The number of hydrogen-bond donors (Lipinski definition) is 1. The minimum absolute atomic E-state index is 0.0172. The molecular formula is C16H30N2O3. The molecule has 1 saturated heterocycles. The second kappa shape index (κ2) is 7.25. The summed E-state index contributed by atoms with van der Waals surface area (Å²) in [4.78, 5) is 27.0. The lowest BCUT2D eigenvalue weighted by molar-refractivity contribution is -0.156. The molecule has 5 nitrogen and oxygen atoms in total. The van der Waals surface area contributed by atoms with Gasteiger partial charge >= 0.3 is 0 Å². The van der Waals surface area contributed by atoms with Crippen molar-refractivity contribution in [3.05, 3.63) is 0 Å². The van der Waals surface area contributed by atoms with E-state index in [9.17, 15) is 9.59 Å². The zero-order chi connectivity index (χ0) is 16.2. The summed E-state index contributed by atoms with van der Waals surface area (Å²) in [6, 6.07) is -0.853. The maximum Gasteiger partial charge on any atom is 0.246 e. The van der Waals surface area contributed by atoms with Gasteiger partial charge in [0.1, 0.15) is 12.1 Å². The van der Waals surface area contributed by atoms with Gasteiger partial charge in [-0.3, -0.25) is 9.59 Å². The fourth-order valence-electron chi connectivity index (χ4n) is 2.77. The highest BCUT2D eigenvalue weighted by molar-refractivity contribution is 5.97. The zero-order valence-electron chi connectivity index (χ0n) is 14.2. The third kappa shape index (κ3) is 4.19. The number of hydrogen-bond acceptors (Lipinski definition) is 3. The van der Waals surface area contributed by atoms with Crippen molar-refractivity contribution in [2.24, 2.45) is 11.3 Å². The summed E-state index contributed by atoms with van der Waals surface area (Å²) in [5, 5.41) is 2.92. The molecule has 3 unspecified atom stereocenters. The van der Waals surface area contributed by atoms with Crippen molar-refractivity contribution < 1.29 is 14.3 Å². The van der Waals surface area contributed by atoms with Gasteiger partial charge in [0.25, 0.3) is 0 Å². The number of ether oxygens (including phenoxy) is 1. The Morgan fingerprint density at radius 2 is 1.90 bits per heavy atom. The molecule has 0 aromatic carbocycles. The summed E-state index contributed by atoms with van der Waals surface area (Å²) in [6.07, 6.45) is 0.857. The lowest BCUT2D eigenvalue weighted by Gasteiger charge is -2.45. The van der Waals surface area contributed by atoms with Crippen molar-refractivity contribution in [1.82, 2.24) is 10.2 Å². The fraction of sp³-hybridized carbons (Fsp3) is 0.875. The van der Waals surface area contributed by atoms with Gasteiger partial charge in [0.15, 0.2) is 0 Å². The van der Waals surface area contributed by atoms with E-state index in [1.807, 2.05) is 41.5 Å². The molecule has 0 bridgehead atoms. The Hall–Kier alpha value is -1.10. The van der Waals surface area contributed by atoms with Crippen LogP contribution in [0, 0.1) is 11.3 Å². The van der Waals surface area contributed by atoms with Crippen molar-refractivity contribution in [2.45, 2.75) is 60.0 Å². The van der Waals surface area contributed by atoms with Crippen molar-refractivity contribution in [2.75, 3.05) is 19.8 Å². The van der Waals surface area contributed by atoms with E-state index in [-0.39, 0.29) is 23.1 Å². The van der Waals surface area contributed by atoms with E-state index in [4.69, 9.17) is 4.74 Å². The molecule has 5 heteroatoms. The van der Waals surface area contributed by atoms with Gasteiger partial charge in [-0.15, -0.1) is 0 Å². The molecule has 122 valence electrons. The summed E-state index contributed by atoms with van der Waals surface area (Å²) in [6.45, 7) is 13.5. The summed E-state index contributed by atoms with van der Waals surface area (Å²) >= 11 is 0. The Morgan fingerprint density at radius 1 is 1.29 bits per heavy atom. The SMILES string of the molecule is CCOCCN1C(=O)C(C(C)CC)NC(=O)C1C(C)(C)C. The summed E-state index contributed by atoms with van der Waals surface area (Å²) in [5.41, 5.74) is -0.299. The molecule has 0 radical (unpaired) electrons. The Labute approximate surface area is 128 Å². The first-order valence-electron chi connectivity index (χ1n) is 7.92. The van der Waals surface area contributed by atoms with Crippen LogP contribution in [0.25, 0.3) is 0 Å². The number of carbonyl (C=O) groups is 2. The molecule has 0 aromatic heterocycles. The Balaban J connectivity index is 2.99. The minimum atomic E-state index is -0.439. The van der Waals surface area contributed by atoms with E-state index >= 15 is 0 Å². The van der Waals surface area contributed by atoms with Crippen LogP contribution in [-0.4, -0.2) is 48.6 Å². The van der Waals surface area contributed by atoms with E-state index < -0.39 is 12.1 Å². The lowest BCUT2D eigenvalue weighted by Crippen LogP contribution is -2.68. The largest absolute Gasteiger partial charge is 0.380 e. The highest BCUT2D eigenvalue weighted by atomic mass is 16.5. The Bertz CT molecular complexity index is 376. The van der Waals surface area contributed by atoms with Crippen molar-refractivity contribution in [3.8, 4) is 0 Å². The monoisotopic (exact) mass is 298 g/mol. The molecule has 1 N–H and O–H groups in total. The molecule has 2 amide bonds. The van der Waals surface area contributed by atoms with Crippen LogP contribution in [0.3, 0.4) is 0 Å². The van der Waals surface area contributed by atoms with E-state index in [2.05, 4.69) is 5.32 Å². The smallest absolute Gasteiger partial charge is 0.246 e. The van der Waals surface area contributed by atoms with Gasteiger partial charge in [-0.05, 0) is 18.3 Å². The van der Waals surface area contributed by atoms with E-state index in [1.165, 1.54) is 0 Å². The minimum Gasteiger partial charge on any atom is -0.380 e. The molecular weight excluding hydrogens is 268 g/mol. The Morgan fingerprint density at radius 3 is 2.38 bits per heavy atom. The first kappa shape index (κ1) is 18.0. The predicted molar refractivity (Wildman–Crippen MR) is 82.8 cm³/mol. The maximum absolute atomic E-state index is 12.8. The summed E-state index contributed by atoms with van der Waals surface area (Å²) in [5.74, 6) is 0.101. The molecule has 3 atom stereocenters. The number of nitrogens with one attached hydrogen (secondary N) is 1.